The maximum Gasteiger partial charge on any atom is 0.257 e. The minimum atomic E-state index is 0.0264. The summed E-state index contributed by atoms with van der Waals surface area (Å²) in [5.74, 6) is 0.247. The fourth-order valence-corrected chi connectivity index (χ4v) is 3.56. The van der Waals surface area contributed by atoms with Crippen LogP contribution in [0.25, 0.3) is 11.1 Å². The average molecular weight is 364 g/mol. The molecule has 1 amide bonds. The van der Waals surface area contributed by atoms with Gasteiger partial charge in [-0.1, -0.05) is 37.2 Å². The molecule has 27 heavy (non-hydrogen) atoms. The smallest absolute Gasteiger partial charge is 0.257 e. The number of carbonyl (C=O) groups excluding carboxylic acids is 1. The van der Waals surface area contributed by atoms with Gasteiger partial charge in [0.1, 0.15) is 0 Å². The summed E-state index contributed by atoms with van der Waals surface area (Å²) in [4.78, 5) is 19.1. The highest BCUT2D eigenvalue weighted by molar-refractivity contribution is 5.97. The molecule has 1 fully saturated rings. The highest BCUT2D eigenvalue weighted by Gasteiger charge is 2.25. The molecule has 3 heterocycles. The van der Waals surface area contributed by atoms with Crippen LogP contribution in [-0.2, 0) is 0 Å². The van der Waals surface area contributed by atoms with Crippen LogP contribution in [-0.4, -0.2) is 40.1 Å². The molecule has 1 N–H and O–H groups in total. The van der Waals surface area contributed by atoms with Crippen molar-refractivity contribution in [3.63, 3.8) is 0 Å². The maximum absolute atomic E-state index is 12.9. The number of piperidine rings is 1. The Balaban J connectivity index is 1.43. The molecule has 1 aromatic carbocycles. The molecular formula is C21H24N4O2. The predicted octanol–water partition coefficient (Wildman–Crippen LogP) is 4.06. The molecule has 1 aliphatic heterocycles. The Morgan fingerprint density at radius 3 is 2.67 bits per heavy atom. The summed E-state index contributed by atoms with van der Waals surface area (Å²) in [6, 6.07) is 12.5. The third kappa shape index (κ3) is 3.65. The van der Waals surface area contributed by atoms with Gasteiger partial charge >= 0.3 is 0 Å². The van der Waals surface area contributed by atoms with E-state index >= 15 is 0 Å². The van der Waals surface area contributed by atoms with E-state index in [2.05, 4.69) is 41.4 Å². The summed E-state index contributed by atoms with van der Waals surface area (Å²) in [6.45, 7) is 5.58. The van der Waals surface area contributed by atoms with Crippen molar-refractivity contribution in [2.45, 2.75) is 38.6 Å². The van der Waals surface area contributed by atoms with Gasteiger partial charge in [-0.2, -0.15) is 0 Å². The zero-order chi connectivity index (χ0) is 18.8. The summed E-state index contributed by atoms with van der Waals surface area (Å²) >= 11 is 0. The van der Waals surface area contributed by atoms with Gasteiger partial charge in [0.15, 0.2) is 0 Å². The molecule has 6 nitrogen and oxygen atoms in total. The van der Waals surface area contributed by atoms with Gasteiger partial charge in [-0.25, -0.2) is 4.98 Å². The molecule has 1 aliphatic rings. The summed E-state index contributed by atoms with van der Waals surface area (Å²) in [5, 5.41) is 8.47. The van der Waals surface area contributed by atoms with E-state index in [1.165, 1.54) is 0 Å². The quantitative estimate of drug-likeness (QED) is 0.756. The minimum absolute atomic E-state index is 0.0264. The molecule has 6 heteroatoms. The van der Waals surface area contributed by atoms with E-state index in [-0.39, 0.29) is 11.8 Å². The molecule has 1 saturated heterocycles. The summed E-state index contributed by atoms with van der Waals surface area (Å²) in [5.41, 5.74) is 3.06. The fourth-order valence-electron chi connectivity index (χ4n) is 3.56. The van der Waals surface area contributed by atoms with Crippen molar-refractivity contribution in [2.75, 3.05) is 18.4 Å². The number of anilines is 1. The van der Waals surface area contributed by atoms with Gasteiger partial charge in [0.25, 0.3) is 11.6 Å². The van der Waals surface area contributed by atoms with Gasteiger partial charge in [-0.3, -0.25) is 4.79 Å². The standard InChI is InChI=1S/C21H24N4O2/c1-14(2)19-18-12-15(13-22-20(18)27-24-19)21(26)25-10-8-17(9-11-25)23-16-6-4-3-5-7-16/h3-7,12-14,17,23H,8-11H2,1-2H3. The van der Waals surface area contributed by atoms with Crippen LogP contribution >= 0.6 is 0 Å². The van der Waals surface area contributed by atoms with E-state index in [0.717, 1.165) is 42.7 Å². The summed E-state index contributed by atoms with van der Waals surface area (Å²) < 4.78 is 5.27. The lowest BCUT2D eigenvalue weighted by molar-refractivity contribution is 0.0718. The van der Waals surface area contributed by atoms with Crippen molar-refractivity contribution in [3.8, 4) is 0 Å². The van der Waals surface area contributed by atoms with Crippen molar-refractivity contribution in [1.82, 2.24) is 15.0 Å². The number of hydrogen-bond acceptors (Lipinski definition) is 5. The number of rotatable bonds is 4. The number of likely N-dealkylation sites (tertiary alicyclic amines) is 1. The molecule has 3 aromatic rings. The first-order valence-corrected chi connectivity index (χ1v) is 9.48. The first-order chi connectivity index (χ1) is 13.1. The van der Waals surface area contributed by atoms with Crippen molar-refractivity contribution in [1.29, 1.82) is 0 Å². The highest BCUT2D eigenvalue weighted by atomic mass is 16.5. The lowest BCUT2D eigenvalue weighted by Gasteiger charge is -2.33. The number of nitrogens with zero attached hydrogens (tertiary/aromatic N) is 3. The number of hydrogen-bond donors (Lipinski definition) is 1. The molecule has 0 unspecified atom stereocenters. The second-order valence-electron chi connectivity index (χ2n) is 7.38. The van der Waals surface area contributed by atoms with Crippen LogP contribution in [0.15, 0.2) is 47.1 Å². The van der Waals surface area contributed by atoms with Crippen LogP contribution in [0.5, 0.6) is 0 Å². The zero-order valence-corrected chi connectivity index (χ0v) is 15.7. The van der Waals surface area contributed by atoms with Crippen LogP contribution in [0.4, 0.5) is 5.69 Å². The first kappa shape index (κ1) is 17.5. The molecule has 0 aliphatic carbocycles. The predicted molar refractivity (Wildman–Crippen MR) is 105 cm³/mol. The Bertz CT molecular complexity index is 928. The molecular weight excluding hydrogens is 340 g/mol. The number of benzene rings is 1. The maximum atomic E-state index is 12.9. The van der Waals surface area contributed by atoms with Crippen molar-refractivity contribution in [3.05, 3.63) is 53.9 Å². The lowest BCUT2D eigenvalue weighted by Crippen LogP contribution is -2.42. The third-order valence-corrected chi connectivity index (χ3v) is 5.08. The molecule has 0 radical (unpaired) electrons. The second kappa shape index (κ2) is 7.39. The monoisotopic (exact) mass is 364 g/mol. The van der Waals surface area contributed by atoms with E-state index in [1.807, 2.05) is 29.2 Å². The van der Waals surface area contributed by atoms with Crippen LogP contribution < -0.4 is 5.32 Å². The summed E-state index contributed by atoms with van der Waals surface area (Å²) in [6.07, 6.45) is 3.45. The fraction of sp³-hybridized carbons (Fsp3) is 0.381. The Morgan fingerprint density at radius 2 is 1.96 bits per heavy atom. The first-order valence-electron chi connectivity index (χ1n) is 9.48. The summed E-state index contributed by atoms with van der Waals surface area (Å²) in [7, 11) is 0. The number of carbonyl (C=O) groups is 1. The molecule has 0 atom stereocenters. The van der Waals surface area contributed by atoms with Gasteiger partial charge in [0.05, 0.1) is 16.6 Å². The Morgan fingerprint density at radius 1 is 1.22 bits per heavy atom. The SMILES string of the molecule is CC(C)c1noc2ncc(C(=O)N3CCC(Nc4ccccc4)CC3)cc12. The van der Waals surface area contributed by atoms with E-state index in [0.29, 0.717) is 17.3 Å². The molecule has 4 rings (SSSR count). The van der Waals surface area contributed by atoms with Crippen LogP contribution in [0.2, 0.25) is 0 Å². The molecule has 0 bridgehead atoms. The Kier molecular flexibility index (Phi) is 4.79. The number of aromatic nitrogens is 2. The van der Waals surface area contributed by atoms with Crippen molar-refractivity contribution < 1.29 is 9.32 Å². The normalized spacial score (nSPS) is 15.4. The van der Waals surface area contributed by atoms with Gasteiger partial charge < -0.3 is 14.7 Å². The Labute approximate surface area is 158 Å². The third-order valence-electron chi connectivity index (χ3n) is 5.08. The molecule has 140 valence electrons. The number of fused-ring (bicyclic) bond motifs is 1. The highest BCUT2D eigenvalue weighted by Crippen LogP contribution is 2.25. The molecule has 0 spiro atoms. The number of para-hydroxylation sites is 1. The number of nitrogens with one attached hydrogen (secondary N) is 1. The largest absolute Gasteiger partial charge is 0.382 e. The van der Waals surface area contributed by atoms with Crippen molar-refractivity contribution >= 4 is 22.7 Å². The van der Waals surface area contributed by atoms with E-state index in [4.69, 9.17) is 4.52 Å². The van der Waals surface area contributed by atoms with Gasteiger partial charge in [0, 0.05) is 31.0 Å². The second-order valence-corrected chi connectivity index (χ2v) is 7.38. The molecule has 0 saturated carbocycles. The Hall–Kier alpha value is -2.89. The number of pyridine rings is 1. The average Bonchev–Trinajstić information content (AvgIpc) is 3.12. The van der Waals surface area contributed by atoms with E-state index < -0.39 is 0 Å². The van der Waals surface area contributed by atoms with Crippen LogP contribution in [0.3, 0.4) is 0 Å². The van der Waals surface area contributed by atoms with E-state index in [9.17, 15) is 4.79 Å². The number of amides is 1. The van der Waals surface area contributed by atoms with Gasteiger partial charge in [-0.05, 0) is 37.0 Å². The van der Waals surface area contributed by atoms with Gasteiger partial charge in [-0.15, -0.1) is 0 Å². The topological polar surface area (TPSA) is 71.3 Å². The van der Waals surface area contributed by atoms with Gasteiger partial charge in [0.2, 0.25) is 0 Å². The van der Waals surface area contributed by atoms with Crippen LogP contribution in [0, 0.1) is 0 Å². The molecule has 2 aromatic heterocycles. The minimum Gasteiger partial charge on any atom is -0.382 e. The zero-order valence-electron chi connectivity index (χ0n) is 15.7. The lowest BCUT2D eigenvalue weighted by atomic mass is 10.0. The van der Waals surface area contributed by atoms with E-state index in [1.54, 1.807) is 6.20 Å². The van der Waals surface area contributed by atoms with Crippen LogP contribution in [0.1, 0.15) is 48.7 Å². The van der Waals surface area contributed by atoms with Crippen molar-refractivity contribution in [2.24, 2.45) is 0 Å².